The molecular weight excluding hydrogens is 421 g/mol. The molecule has 30 heavy (non-hydrogen) atoms. The summed E-state index contributed by atoms with van der Waals surface area (Å²) in [5.41, 5.74) is 5.70. The highest BCUT2D eigenvalue weighted by atomic mass is 32.2. The lowest BCUT2D eigenvalue weighted by molar-refractivity contribution is 0.371. The van der Waals surface area contributed by atoms with Gasteiger partial charge in [0.1, 0.15) is 0 Å². The van der Waals surface area contributed by atoms with Crippen molar-refractivity contribution in [3.05, 3.63) is 64.7 Å². The Hall–Kier alpha value is -1.96. The number of nitrogens with zero attached hydrogens (tertiary/aromatic N) is 2. The zero-order valence-electron chi connectivity index (χ0n) is 17.0. The van der Waals surface area contributed by atoms with Crippen molar-refractivity contribution in [2.75, 3.05) is 12.7 Å². The monoisotopic (exact) mass is 447 g/mol. The summed E-state index contributed by atoms with van der Waals surface area (Å²) in [6.45, 7) is 5.39. The highest BCUT2D eigenvalue weighted by Gasteiger charge is 2.12. The summed E-state index contributed by atoms with van der Waals surface area (Å²) < 4.78 is 16.6. The molecule has 0 aliphatic carbocycles. The molecule has 0 radical (unpaired) electrons. The summed E-state index contributed by atoms with van der Waals surface area (Å²) in [6.07, 6.45) is 0.340. The number of thioether (sulfide) groups is 1. The minimum absolute atomic E-state index is 0.0973. The van der Waals surface area contributed by atoms with E-state index in [1.54, 1.807) is 0 Å². The Morgan fingerprint density at radius 1 is 1.03 bits per heavy atom. The fourth-order valence-electron chi connectivity index (χ4n) is 2.83. The van der Waals surface area contributed by atoms with Crippen LogP contribution in [0.3, 0.4) is 0 Å². The molecular formula is C21H26N3O4PS. The van der Waals surface area contributed by atoms with Crippen LogP contribution in [0.2, 0.25) is 0 Å². The van der Waals surface area contributed by atoms with Gasteiger partial charge in [-0.1, -0.05) is 42.1 Å². The highest BCUT2D eigenvalue weighted by molar-refractivity contribution is 7.98. The molecule has 0 saturated carbocycles. The number of aryl methyl sites for hydroxylation is 2. The lowest BCUT2D eigenvalue weighted by atomic mass is 10.1. The van der Waals surface area contributed by atoms with E-state index in [0.29, 0.717) is 30.6 Å². The Kier molecular flexibility index (Phi) is 7.86. The second-order valence-corrected chi connectivity index (χ2v) is 9.90. The van der Waals surface area contributed by atoms with Crippen LogP contribution in [0.1, 0.15) is 28.7 Å². The van der Waals surface area contributed by atoms with Crippen molar-refractivity contribution in [2.45, 2.75) is 37.8 Å². The van der Waals surface area contributed by atoms with E-state index < -0.39 is 7.60 Å². The molecule has 0 spiro atoms. The predicted octanol–water partition coefficient (Wildman–Crippen LogP) is 4.30. The normalized spacial score (nSPS) is 11.7. The molecule has 1 aromatic heterocycles. The summed E-state index contributed by atoms with van der Waals surface area (Å²) in [7, 11) is -3.91. The maximum Gasteiger partial charge on any atom is 0.325 e. The van der Waals surface area contributed by atoms with Crippen LogP contribution in [0.25, 0.3) is 11.5 Å². The molecule has 0 unspecified atom stereocenters. The standard InChI is InChI=1S/C21H26N3O4PS/c1-15-4-5-18(12-16(15)2)14-30-21-24-23-20(28-21)19-8-6-17(7-9-19)13-22-10-3-11-29(25,26)27/h4-9,12,22H,3,10-11,13-14H2,1-2H3,(H2,25,26,27). The summed E-state index contributed by atoms with van der Waals surface area (Å²) >= 11 is 1.52. The molecule has 0 aliphatic rings. The van der Waals surface area contributed by atoms with Gasteiger partial charge < -0.3 is 19.5 Å². The molecule has 9 heteroatoms. The largest absolute Gasteiger partial charge is 0.411 e. The third kappa shape index (κ3) is 7.07. The Morgan fingerprint density at radius 3 is 2.47 bits per heavy atom. The van der Waals surface area contributed by atoms with Crippen LogP contribution < -0.4 is 5.32 Å². The predicted molar refractivity (Wildman–Crippen MR) is 118 cm³/mol. The number of benzene rings is 2. The minimum Gasteiger partial charge on any atom is -0.411 e. The van der Waals surface area contributed by atoms with Crippen molar-refractivity contribution < 1.29 is 18.8 Å². The maximum atomic E-state index is 10.8. The molecule has 160 valence electrons. The van der Waals surface area contributed by atoms with E-state index in [4.69, 9.17) is 14.2 Å². The minimum atomic E-state index is -3.91. The molecule has 0 saturated heterocycles. The van der Waals surface area contributed by atoms with Gasteiger partial charge in [-0.25, -0.2) is 0 Å². The molecule has 0 bridgehead atoms. The van der Waals surface area contributed by atoms with E-state index in [1.807, 2.05) is 24.3 Å². The van der Waals surface area contributed by atoms with Crippen LogP contribution >= 0.6 is 19.4 Å². The van der Waals surface area contributed by atoms with Crippen molar-refractivity contribution in [1.82, 2.24) is 15.5 Å². The highest BCUT2D eigenvalue weighted by Crippen LogP contribution is 2.34. The SMILES string of the molecule is Cc1ccc(CSc2nnc(-c3ccc(CNCCCP(=O)(O)O)cc3)o2)cc1C. The molecule has 0 fully saturated rings. The summed E-state index contributed by atoms with van der Waals surface area (Å²) in [5.74, 6) is 1.26. The van der Waals surface area contributed by atoms with E-state index in [1.165, 1.54) is 28.5 Å². The first kappa shape index (κ1) is 22.7. The average molecular weight is 447 g/mol. The Balaban J connectivity index is 1.49. The van der Waals surface area contributed by atoms with Crippen molar-refractivity contribution in [3.8, 4) is 11.5 Å². The fourth-order valence-corrected chi connectivity index (χ4v) is 4.11. The first-order chi connectivity index (χ1) is 14.3. The van der Waals surface area contributed by atoms with Crippen LogP contribution in [0, 0.1) is 13.8 Å². The van der Waals surface area contributed by atoms with Gasteiger partial charge in [-0.3, -0.25) is 4.57 Å². The molecule has 0 atom stereocenters. The average Bonchev–Trinajstić information content (AvgIpc) is 3.17. The van der Waals surface area contributed by atoms with E-state index in [9.17, 15) is 4.57 Å². The topological polar surface area (TPSA) is 108 Å². The Labute approximate surface area is 180 Å². The number of hydrogen-bond acceptors (Lipinski definition) is 6. The third-order valence-electron chi connectivity index (χ3n) is 4.67. The van der Waals surface area contributed by atoms with Gasteiger partial charge in [-0.15, -0.1) is 10.2 Å². The smallest absolute Gasteiger partial charge is 0.325 e. The Bertz CT molecular complexity index is 1020. The van der Waals surface area contributed by atoms with Crippen LogP contribution in [0.5, 0.6) is 0 Å². The second kappa shape index (κ2) is 10.4. The second-order valence-electron chi connectivity index (χ2n) is 7.20. The van der Waals surface area contributed by atoms with Crippen molar-refractivity contribution >= 4 is 19.4 Å². The van der Waals surface area contributed by atoms with Gasteiger partial charge in [-0.05, 0) is 61.2 Å². The van der Waals surface area contributed by atoms with E-state index >= 15 is 0 Å². The lowest BCUT2D eigenvalue weighted by Gasteiger charge is -2.06. The number of nitrogens with one attached hydrogen (secondary N) is 1. The molecule has 0 amide bonds. The van der Waals surface area contributed by atoms with E-state index in [2.05, 4.69) is 47.6 Å². The van der Waals surface area contributed by atoms with Gasteiger partial charge in [0.2, 0.25) is 5.89 Å². The number of rotatable bonds is 10. The maximum absolute atomic E-state index is 10.8. The van der Waals surface area contributed by atoms with Crippen molar-refractivity contribution in [3.63, 3.8) is 0 Å². The van der Waals surface area contributed by atoms with Crippen molar-refractivity contribution in [2.24, 2.45) is 0 Å². The lowest BCUT2D eigenvalue weighted by Crippen LogP contribution is -2.15. The Morgan fingerprint density at radius 2 is 1.77 bits per heavy atom. The van der Waals surface area contributed by atoms with Crippen LogP contribution in [0.15, 0.2) is 52.1 Å². The summed E-state index contributed by atoms with van der Waals surface area (Å²) in [5, 5.41) is 12.0. The van der Waals surface area contributed by atoms with E-state index in [-0.39, 0.29) is 6.16 Å². The zero-order valence-corrected chi connectivity index (χ0v) is 18.7. The molecule has 3 N–H and O–H groups in total. The summed E-state index contributed by atoms with van der Waals surface area (Å²) in [4.78, 5) is 17.7. The molecule has 2 aromatic carbocycles. The number of hydrogen-bond donors (Lipinski definition) is 3. The van der Waals surface area contributed by atoms with Crippen molar-refractivity contribution in [1.29, 1.82) is 0 Å². The van der Waals surface area contributed by atoms with Gasteiger partial charge >= 0.3 is 7.60 Å². The first-order valence-electron chi connectivity index (χ1n) is 9.67. The number of aromatic nitrogens is 2. The molecule has 3 rings (SSSR count). The third-order valence-corrected chi connectivity index (χ3v) is 6.46. The van der Waals surface area contributed by atoms with Gasteiger partial charge in [0.15, 0.2) is 0 Å². The summed E-state index contributed by atoms with van der Waals surface area (Å²) in [6, 6.07) is 14.2. The van der Waals surface area contributed by atoms with Gasteiger partial charge in [0, 0.05) is 17.9 Å². The molecule has 1 heterocycles. The molecule has 0 aliphatic heterocycles. The van der Waals surface area contributed by atoms with Crippen LogP contribution in [-0.4, -0.2) is 32.7 Å². The van der Waals surface area contributed by atoms with Gasteiger partial charge in [0.25, 0.3) is 5.22 Å². The first-order valence-corrected chi connectivity index (χ1v) is 12.5. The van der Waals surface area contributed by atoms with Crippen LogP contribution in [0.4, 0.5) is 0 Å². The van der Waals surface area contributed by atoms with Gasteiger partial charge in [-0.2, -0.15) is 0 Å². The van der Waals surface area contributed by atoms with Crippen LogP contribution in [-0.2, 0) is 16.9 Å². The fraction of sp³-hybridized carbons (Fsp3) is 0.333. The van der Waals surface area contributed by atoms with Gasteiger partial charge in [0.05, 0.1) is 6.16 Å². The quantitative estimate of drug-likeness (QED) is 0.240. The molecule has 3 aromatic rings. The van der Waals surface area contributed by atoms with E-state index in [0.717, 1.165) is 16.9 Å². The molecule has 7 nitrogen and oxygen atoms in total. The zero-order chi connectivity index (χ0) is 21.6.